The topological polar surface area (TPSA) is 79.2 Å². The van der Waals surface area contributed by atoms with Gasteiger partial charge in [0.25, 0.3) is 0 Å². The molecule has 0 saturated carbocycles. The first kappa shape index (κ1) is 13.9. The van der Waals surface area contributed by atoms with E-state index in [4.69, 9.17) is 9.47 Å². The lowest BCUT2D eigenvalue weighted by atomic mass is 9.99. The van der Waals surface area contributed by atoms with Gasteiger partial charge in [0.1, 0.15) is 18.3 Å². The second-order valence-electron chi connectivity index (χ2n) is 4.80. The number of hydrogen-bond acceptors (Lipinski definition) is 5. The van der Waals surface area contributed by atoms with Crippen molar-refractivity contribution in [1.29, 1.82) is 0 Å². The molecule has 1 saturated heterocycles. The summed E-state index contributed by atoms with van der Waals surface area (Å²) in [5.74, 6) is 0.830. The van der Waals surface area contributed by atoms with E-state index in [-0.39, 0.29) is 6.61 Å². The van der Waals surface area contributed by atoms with E-state index in [1.54, 1.807) is 0 Å². The van der Waals surface area contributed by atoms with E-state index in [2.05, 4.69) is 13.8 Å². The highest BCUT2D eigenvalue weighted by Gasteiger charge is 2.38. The molecule has 3 N–H and O–H groups in total. The highest BCUT2D eigenvalue weighted by molar-refractivity contribution is 4.82. The first-order valence-corrected chi connectivity index (χ1v) is 5.71. The molecule has 5 heteroatoms. The summed E-state index contributed by atoms with van der Waals surface area (Å²) in [6.45, 7) is 6.67. The van der Waals surface area contributed by atoms with E-state index in [0.717, 1.165) is 0 Å². The van der Waals surface area contributed by atoms with Crippen LogP contribution < -0.4 is 0 Å². The zero-order valence-corrected chi connectivity index (χ0v) is 10.0. The molecule has 0 radical (unpaired) electrons. The molecular weight excluding hydrogens is 212 g/mol. The molecule has 0 amide bonds. The molecule has 1 rings (SSSR count). The molecule has 5 unspecified atom stereocenters. The largest absolute Gasteiger partial charge is 0.388 e. The minimum absolute atomic E-state index is 0.0149. The minimum atomic E-state index is -1.20. The minimum Gasteiger partial charge on any atom is -0.388 e. The smallest absolute Gasteiger partial charge is 0.186 e. The van der Waals surface area contributed by atoms with Crippen molar-refractivity contribution in [2.24, 2.45) is 11.8 Å². The van der Waals surface area contributed by atoms with Crippen molar-refractivity contribution in [3.05, 3.63) is 0 Å². The Labute approximate surface area is 96.0 Å². The molecule has 5 nitrogen and oxygen atoms in total. The molecule has 0 spiro atoms. The molecule has 96 valence electrons. The fraction of sp³-hybridized carbons (Fsp3) is 1.00. The molecule has 1 heterocycles. The maximum absolute atomic E-state index is 9.60. The zero-order valence-electron chi connectivity index (χ0n) is 10.0. The second kappa shape index (κ2) is 5.93. The third kappa shape index (κ3) is 3.40. The van der Waals surface area contributed by atoms with Crippen LogP contribution in [-0.2, 0) is 9.47 Å². The number of aliphatic hydroxyl groups is 3. The lowest BCUT2D eigenvalue weighted by molar-refractivity contribution is -0.272. The summed E-state index contributed by atoms with van der Waals surface area (Å²) in [7, 11) is 0. The Kier molecular flexibility index (Phi) is 5.14. The summed E-state index contributed by atoms with van der Waals surface area (Å²) in [5, 5.41) is 28.3. The number of rotatable bonds is 4. The van der Waals surface area contributed by atoms with Crippen molar-refractivity contribution in [1.82, 2.24) is 0 Å². The highest BCUT2D eigenvalue weighted by atomic mass is 16.7. The maximum atomic E-state index is 9.60. The van der Waals surface area contributed by atoms with Crippen LogP contribution >= 0.6 is 0 Å². The molecule has 16 heavy (non-hydrogen) atoms. The molecule has 0 bridgehead atoms. The van der Waals surface area contributed by atoms with Crippen molar-refractivity contribution < 1.29 is 24.8 Å². The Morgan fingerprint density at radius 2 is 1.81 bits per heavy atom. The van der Waals surface area contributed by atoms with E-state index in [9.17, 15) is 15.3 Å². The van der Waals surface area contributed by atoms with Gasteiger partial charge in [0.2, 0.25) is 0 Å². The lowest BCUT2D eigenvalue weighted by Gasteiger charge is -2.35. The molecule has 0 aliphatic carbocycles. The van der Waals surface area contributed by atoms with Gasteiger partial charge in [0.05, 0.1) is 13.2 Å². The van der Waals surface area contributed by atoms with E-state index < -0.39 is 24.6 Å². The van der Waals surface area contributed by atoms with Gasteiger partial charge in [0, 0.05) is 0 Å². The van der Waals surface area contributed by atoms with Gasteiger partial charge in [-0.3, -0.25) is 0 Å². The van der Waals surface area contributed by atoms with Crippen LogP contribution in [0.25, 0.3) is 0 Å². The Hall–Kier alpha value is -0.200. The molecule has 1 fully saturated rings. The van der Waals surface area contributed by atoms with Crippen LogP contribution in [0.15, 0.2) is 0 Å². The van der Waals surface area contributed by atoms with Crippen LogP contribution in [0.3, 0.4) is 0 Å². The van der Waals surface area contributed by atoms with Crippen molar-refractivity contribution in [3.63, 3.8) is 0 Å². The molecule has 0 aromatic heterocycles. The SMILES string of the molecule is CC(C)C(C)COC1OCC(O)C(O)C1O. The summed E-state index contributed by atoms with van der Waals surface area (Å²) in [4.78, 5) is 0. The van der Waals surface area contributed by atoms with Crippen molar-refractivity contribution >= 4 is 0 Å². The Morgan fingerprint density at radius 1 is 1.19 bits per heavy atom. The van der Waals surface area contributed by atoms with Gasteiger partial charge in [-0.25, -0.2) is 0 Å². The Balaban J connectivity index is 2.37. The first-order chi connectivity index (χ1) is 7.43. The average molecular weight is 234 g/mol. The summed E-state index contributed by atoms with van der Waals surface area (Å²) >= 11 is 0. The monoisotopic (exact) mass is 234 g/mol. The van der Waals surface area contributed by atoms with Gasteiger partial charge in [-0.2, -0.15) is 0 Å². The van der Waals surface area contributed by atoms with Crippen LogP contribution in [0.1, 0.15) is 20.8 Å². The summed E-state index contributed by atoms with van der Waals surface area (Å²) in [5.41, 5.74) is 0. The van der Waals surface area contributed by atoms with Crippen molar-refractivity contribution in [2.75, 3.05) is 13.2 Å². The van der Waals surface area contributed by atoms with Gasteiger partial charge in [-0.1, -0.05) is 20.8 Å². The summed E-state index contributed by atoms with van der Waals surface area (Å²) in [6, 6.07) is 0. The molecular formula is C11H22O5. The average Bonchev–Trinajstić information content (AvgIpc) is 2.24. The second-order valence-corrected chi connectivity index (χ2v) is 4.80. The van der Waals surface area contributed by atoms with E-state index >= 15 is 0 Å². The number of hydrogen-bond donors (Lipinski definition) is 3. The van der Waals surface area contributed by atoms with Crippen molar-refractivity contribution in [2.45, 2.75) is 45.4 Å². The fourth-order valence-electron chi connectivity index (χ4n) is 1.36. The molecule has 0 aromatic rings. The van der Waals surface area contributed by atoms with Crippen LogP contribution in [-0.4, -0.2) is 53.1 Å². The predicted octanol–water partition coefficient (Wildman–Crippen LogP) is -0.266. The van der Waals surface area contributed by atoms with E-state index in [1.165, 1.54) is 0 Å². The normalized spacial score (nSPS) is 37.7. The standard InChI is InChI=1S/C11H22O5/c1-6(2)7(3)4-15-11-10(14)9(13)8(12)5-16-11/h6-14H,4-5H2,1-3H3. The van der Waals surface area contributed by atoms with Crippen LogP contribution in [0.2, 0.25) is 0 Å². The number of ether oxygens (including phenoxy) is 2. The molecule has 5 atom stereocenters. The third-order valence-electron chi connectivity index (χ3n) is 3.12. The van der Waals surface area contributed by atoms with Gasteiger partial charge in [-0.05, 0) is 11.8 Å². The van der Waals surface area contributed by atoms with E-state index in [1.807, 2.05) is 6.92 Å². The molecule has 1 aliphatic rings. The maximum Gasteiger partial charge on any atom is 0.186 e. The number of aliphatic hydroxyl groups excluding tert-OH is 3. The summed E-state index contributed by atoms with van der Waals surface area (Å²) in [6.07, 6.45) is -4.28. The quantitative estimate of drug-likeness (QED) is 0.624. The van der Waals surface area contributed by atoms with Crippen LogP contribution in [0, 0.1) is 11.8 Å². The van der Waals surface area contributed by atoms with Gasteiger partial charge >= 0.3 is 0 Å². The Morgan fingerprint density at radius 3 is 2.38 bits per heavy atom. The molecule has 1 aliphatic heterocycles. The third-order valence-corrected chi connectivity index (χ3v) is 3.12. The molecule has 0 aromatic carbocycles. The highest BCUT2D eigenvalue weighted by Crippen LogP contribution is 2.18. The summed E-state index contributed by atoms with van der Waals surface area (Å²) < 4.78 is 10.5. The Bertz CT molecular complexity index is 209. The van der Waals surface area contributed by atoms with Gasteiger partial charge in [0.15, 0.2) is 6.29 Å². The predicted molar refractivity (Wildman–Crippen MR) is 57.7 cm³/mol. The fourth-order valence-corrected chi connectivity index (χ4v) is 1.36. The zero-order chi connectivity index (χ0) is 12.3. The van der Waals surface area contributed by atoms with Crippen LogP contribution in [0.5, 0.6) is 0 Å². The first-order valence-electron chi connectivity index (χ1n) is 5.71. The van der Waals surface area contributed by atoms with Gasteiger partial charge in [-0.15, -0.1) is 0 Å². The van der Waals surface area contributed by atoms with E-state index in [0.29, 0.717) is 18.4 Å². The van der Waals surface area contributed by atoms with Crippen LogP contribution in [0.4, 0.5) is 0 Å². The van der Waals surface area contributed by atoms with Gasteiger partial charge < -0.3 is 24.8 Å². The van der Waals surface area contributed by atoms with Crippen molar-refractivity contribution in [3.8, 4) is 0 Å². The lowest BCUT2D eigenvalue weighted by Crippen LogP contribution is -2.54.